The molecule has 0 aromatic heterocycles. The molecule has 0 heterocycles. The average molecular weight is 335 g/mol. The Morgan fingerprint density at radius 2 is 1.75 bits per heavy atom. The van der Waals surface area contributed by atoms with Crippen LogP contribution in [0.3, 0.4) is 0 Å². The first kappa shape index (κ1) is 17.4. The maximum absolute atomic E-state index is 13.3. The highest BCUT2D eigenvalue weighted by molar-refractivity contribution is 5.95. The molecule has 0 saturated carbocycles. The molecule has 0 bridgehead atoms. The molecule has 24 heavy (non-hydrogen) atoms. The van der Waals surface area contributed by atoms with Gasteiger partial charge in [-0.25, -0.2) is 13.6 Å². The quantitative estimate of drug-likeness (QED) is 0.825. The molecule has 0 aliphatic carbocycles. The van der Waals surface area contributed by atoms with Gasteiger partial charge in [-0.2, -0.15) is 0 Å². The molecule has 1 N–H and O–H groups in total. The Bertz CT molecular complexity index is 719. The molecule has 5 nitrogen and oxygen atoms in total. The minimum Gasteiger partial charge on any atom is -0.479 e. The van der Waals surface area contributed by atoms with Gasteiger partial charge in [-0.1, -0.05) is 12.1 Å². The van der Waals surface area contributed by atoms with E-state index in [-0.39, 0.29) is 5.75 Å². The molecule has 0 fully saturated rings. The van der Waals surface area contributed by atoms with E-state index in [2.05, 4.69) is 5.32 Å². The van der Waals surface area contributed by atoms with Gasteiger partial charge in [0.2, 0.25) is 0 Å². The Morgan fingerprint density at radius 1 is 1.08 bits per heavy atom. The monoisotopic (exact) mass is 335 g/mol. The van der Waals surface area contributed by atoms with E-state index in [1.165, 1.54) is 49.4 Å². The van der Waals surface area contributed by atoms with E-state index in [0.717, 1.165) is 0 Å². The minimum atomic E-state index is -1.09. The summed E-state index contributed by atoms with van der Waals surface area (Å²) < 4.78 is 36.0. The third-order valence-electron chi connectivity index (χ3n) is 2.97. The molecule has 1 atom stereocenters. The summed E-state index contributed by atoms with van der Waals surface area (Å²) in [5.74, 6) is -2.52. The first-order valence-electron chi connectivity index (χ1n) is 7.09. The third kappa shape index (κ3) is 5.05. The Balaban J connectivity index is 1.81. The van der Waals surface area contributed by atoms with Gasteiger partial charge < -0.3 is 14.8 Å². The standard InChI is InChI=1S/C17H15F2NO4/c1-11(17(22)20-13-8-6-12(18)7-9-13)24-16(21)10-23-15-5-3-2-4-14(15)19/h2-9,11H,10H2,1H3,(H,20,22)/t11-/m1/s1. The highest BCUT2D eigenvalue weighted by atomic mass is 19.1. The number of rotatable bonds is 6. The second-order valence-corrected chi connectivity index (χ2v) is 4.85. The first-order chi connectivity index (χ1) is 11.5. The van der Waals surface area contributed by atoms with Gasteiger partial charge in [0.1, 0.15) is 5.82 Å². The molecule has 2 aromatic carbocycles. The molecular formula is C17H15F2NO4. The number of para-hydroxylation sites is 1. The zero-order chi connectivity index (χ0) is 17.5. The van der Waals surface area contributed by atoms with Crippen LogP contribution < -0.4 is 10.1 Å². The first-order valence-corrected chi connectivity index (χ1v) is 7.09. The fourth-order valence-corrected chi connectivity index (χ4v) is 1.76. The molecule has 0 unspecified atom stereocenters. The van der Waals surface area contributed by atoms with Crippen molar-refractivity contribution in [3.63, 3.8) is 0 Å². The second kappa shape index (κ2) is 8.05. The smallest absolute Gasteiger partial charge is 0.344 e. The summed E-state index contributed by atoms with van der Waals surface area (Å²) in [4.78, 5) is 23.5. The van der Waals surface area contributed by atoms with Crippen LogP contribution in [0.1, 0.15) is 6.92 Å². The van der Waals surface area contributed by atoms with E-state index in [1.807, 2.05) is 0 Å². The van der Waals surface area contributed by atoms with Gasteiger partial charge in [-0.05, 0) is 43.3 Å². The molecule has 0 saturated heterocycles. The van der Waals surface area contributed by atoms with Gasteiger partial charge in [-0.15, -0.1) is 0 Å². The summed E-state index contributed by atoms with van der Waals surface area (Å²) in [7, 11) is 0. The highest BCUT2D eigenvalue weighted by Gasteiger charge is 2.18. The SMILES string of the molecule is C[C@@H](OC(=O)COc1ccccc1F)C(=O)Nc1ccc(F)cc1. The maximum atomic E-state index is 13.3. The van der Waals surface area contributed by atoms with Crippen molar-refractivity contribution in [2.24, 2.45) is 0 Å². The van der Waals surface area contributed by atoms with E-state index >= 15 is 0 Å². The van der Waals surface area contributed by atoms with Crippen LogP contribution >= 0.6 is 0 Å². The van der Waals surface area contributed by atoms with Crippen molar-refractivity contribution >= 4 is 17.6 Å². The van der Waals surface area contributed by atoms with Crippen LogP contribution in [0.15, 0.2) is 48.5 Å². The lowest BCUT2D eigenvalue weighted by Crippen LogP contribution is -2.31. The van der Waals surface area contributed by atoms with Crippen molar-refractivity contribution in [1.29, 1.82) is 0 Å². The van der Waals surface area contributed by atoms with Crippen molar-refractivity contribution < 1.29 is 27.8 Å². The molecule has 1 amide bonds. The molecule has 0 aliphatic heterocycles. The lowest BCUT2D eigenvalue weighted by Gasteiger charge is -2.14. The van der Waals surface area contributed by atoms with Crippen molar-refractivity contribution in [1.82, 2.24) is 0 Å². The number of nitrogens with one attached hydrogen (secondary N) is 1. The zero-order valence-electron chi connectivity index (χ0n) is 12.8. The number of hydrogen-bond acceptors (Lipinski definition) is 4. The summed E-state index contributed by atoms with van der Waals surface area (Å²) in [5.41, 5.74) is 0.368. The minimum absolute atomic E-state index is 0.0853. The van der Waals surface area contributed by atoms with Crippen LogP contribution in [0.4, 0.5) is 14.5 Å². The lowest BCUT2D eigenvalue weighted by atomic mass is 10.3. The van der Waals surface area contributed by atoms with Gasteiger partial charge >= 0.3 is 5.97 Å². The number of carbonyl (C=O) groups excluding carboxylic acids is 2. The van der Waals surface area contributed by atoms with Gasteiger partial charge in [0.05, 0.1) is 0 Å². The summed E-state index contributed by atoms with van der Waals surface area (Å²) >= 11 is 0. The predicted molar refractivity (Wildman–Crippen MR) is 82.5 cm³/mol. The Kier molecular flexibility index (Phi) is 5.83. The molecule has 126 valence electrons. The molecule has 0 spiro atoms. The number of anilines is 1. The van der Waals surface area contributed by atoms with Gasteiger partial charge in [0, 0.05) is 5.69 Å². The van der Waals surface area contributed by atoms with E-state index in [1.54, 1.807) is 6.07 Å². The van der Waals surface area contributed by atoms with Crippen LogP contribution in [0.5, 0.6) is 5.75 Å². The Hall–Kier alpha value is -2.96. The normalized spacial score (nSPS) is 11.5. The van der Waals surface area contributed by atoms with Crippen LogP contribution in [0.2, 0.25) is 0 Å². The molecule has 0 radical (unpaired) electrons. The van der Waals surface area contributed by atoms with Crippen molar-refractivity contribution in [3.05, 3.63) is 60.2 Å². The van der Waals surface area contributed by atoms with Crippen LogP contribution in [0, 0.1) is 11.6 Å². The van der Waals surface area contributed by atoms with E-state index < -0.39 is 36.2 Å². The highest BCUT2D eigenvalue weighted by Crippen LogP contribution is 2.15. The fourth-order valence-electron chi connectivity index (χ4n) is 1.76. The molecule has 2 aromatic rings. The summed E-state index contributed by atoms with van der Waals surface area (Å²) in [6.07, 6.45) is -1.09. The number of amides is 1. The number of ether oxygens (including phenoxy) is 2. The van der Waals surface area contributed by atoms with Crippen molar-refractivity contribution in [2.75, 3.05) is 11.9 Å². The summed E-state index contributed by atoms with van der Waals surface area (Å²) in [5, 5.41) is 2.47. The number of benzene rings is 2. The second-order valence-electron chi connectivity index (χ2n) is 4.85. The topological polar surface area (TPSA) is 64.6 Å². The largest absolute Gasteiger partial charge is 0.479 e. The van der Waals surface area contributed by atoms with Crippen molar-refractivity contribution in [2.45, 2.75) is 13.0 Å². The number of halogens is 2. The van der Waals surface area contributed by atoms with E-state index in [9.17, 15) is 18.4 Å². The molecule has 0 aliphatic rings. The van der Waals surface area contributed by atoms with E-state index in [0.29, 0.717) is 5.69 Å². The third-order valence-corrected chi connectivity index (χ3v) is 2.97. The van der Waals surface area contributed by atoms with Crippen LogP contribution in [-0.4, -0.2) is 24.6 Å². The van der Waals surface area contributed by atoms with E-state index in [4.69, 9.17) is 9.47 Å². The summed E-state index contributed by atoms with van der Waals surface area (Å²) in [6, 6.07) is 10.7. The maximum Gasteiger partial charge on any atom is 0.344 e. The van der Waals surface area contributed by atoms with Gasteiger partial charge in [0.25, 0.3) is 5.91 Å². The number of esters is 1. The Labute approximate surface area is 137 Å². The van der Waals surface area contributed by atoms with Crippen LogP contribution in [0.25, 0.3) is 0 Å². The zero-order valence-corrected chi connectivity index (χ0v) is 12.8. The molecular weight excluding hydrogens is 320 g/mol. The molecule has 2 rings (SSSR count). The van der Waals surface area contributed by atoms with Gasteiger partial charge in [0.15, 0.2) is 24.3 Å². The Morgan fingerprint density at radius 3 is 2.42 bits per heavy atom. The molecule has 7 heteroatoms. The number of carbonyl (C=O) groups is 2. The predicted octanol–water partition coefficient (Wildman–Crippen LogP) is 2.91. The lowest BCUT2D eigenvalue weighted by molar-refractivity contribution is -0.155. The number of hydrogen-bond donors (Lipinski definition) is 1. The van der Waals surface area contributed by atoms with Crippen LogP contribution in [-0.2, 0) is 14.3 Å². The summed E-state index contributed by atoms with van der Waals surface area (Å²) in [6.45, 7) is 0.842. The van der Waals surface area contributed by atoms with Crippen molar-refractivity contribution in [3.8, 4) is 5.75 Å². The van der Waals surface area contributed by atoms with Gasteiger partial charge in [-0.3, -0.25) is 4.79 Å². The average Bonchev–Trinajstić information content (AvgIpc) is 2.56. The fraction of sp³-hybridized carbons (Fsp3) is 0.176.